The van der Waals surface area contributed by atoms with E-state index in [0.717, 1.165) is 26.3 Å². The Balaban J connectivity index is 1.75. The quantitative estimate of drug-likeness (QED) is 0.925. The Morgan fingerprint density at radius 2 is 2.05 bits per heavy atom. The number of ether oxygens (including phenoxy) is 1. The van der Waals surface area contributed by atoms with Gasteiger partial charge in [0, 0.05) is 37.8 Å². The van der Waals surface area contributed by atoms with Crippen LogP contribution >= 0.6 is 0 Å². The minimum absolute atomic E-state index is 0.447. The van der Waals surface area contributed by atoms with Gasteiger partial charge < -0.3 is 10.1 Å². The lowest BCUT2D eigenvalue weighted by molar-refractivity contribution is -0.0257. The van der Waals surface area contributed by atoms with Gasteiger partial charge in [-0.25, -0.2) is 0 Å². The molecule has 21 heavy (non-hydrogen) atoms. The fourth-order valence-corrected chi connectivity index (χ4v) is 3.72. The first-order valence-electron chi connectivity index (χ1n) is 8.37. The van der Waals surface area contributed by atoms with Gasteiger partial charge in [0.15, 0.2) is 0 Å². The average molecular weight is 288 g/mol. The van der Waals surface area contributed by atoms with Crippen molar-refractivity contribution in [3.05, 3.63) is 35.9 Å². The number of nitrogens with one attached hydrogen (secondary N) is 1. The van der Waals surface area contributed by atoms with E-state index in [1.54, 1.807) is 0 Å². The van der Waals surface area contributed by atoms with Crippen LogP contribution in [0.3, 0.4) is 0 Å². The zero-order chi connectivity index (χ0) is 14.7. The molecule has 1 N–H and O–H groups in total. The van der Waals surface area contributed by atoms with Crippen LogP contribution in [0.1, 0.15) is 38.3 Å². The smallest absolute Gasteiger partial charge is 0.0621 e. The van der Waals surface area contributed by atoms with Crippen LogP contribution in [-0.2, 0) is 4.74 Å². The third kappa shape index (κ3) is 3.47. The normalized spacial score (nSPS) is 31.5. The van der Waals surface area contributed by atoms with E-state index in [1.165, 1.54) is 18.4 Å². The molecular formula is C18H28N2O. The van der Waals surface area contributed by atoms with Crippen molar-refractivity contribution in [1.82, 2.24) is 10.2 Å². The van der Waals surface area contributed by atoms with Crippen molar-refractivity contribution in [1.29, 1.82) is 0 Å². The second kappa shape index (κ2) is 6.91. The molecule has 0 amide bonds. The monoisotopic (exact) mass is 288 g/mol. The van der Waals surface area contributed by atoms with Gasteiger partial charge in [-0.15, -0.1) is 0 Å². The van der Waals surface area contributed by atoms with Crippen LogP contribution in [0, 0.1) is 5.92 Å². The summed E-state index contributed by atoms with van der Waals surface area (Å²) in [6.07, 6.45) is 2.49. The molecule has 2 fully saturated rings. The molecule has 3 heteroatoms. The van der Waals surface area contributed by atoms with E-state index in [4.69, 9.17) is 4.74 Å². The van der Waals surface area contributed by atoms with Crippen molar-refractivity contribution in [2.75, 3.05) is 26.3 Å². The van der Waals surface area contributed by atoms with Crippen LogP contribution in [0.25, 0.3) is 0 Å². The Bertz CT molecular complexity index is 428. The number of rotatable bonds is 3. The van der Waals surface area contributed by atoms with Crippen LogP contribution in [0.2, 0.25) is 0 Å². The largest absolute Gasteiger partial charge is 0.380 e. The van der Waals surface area contributed by atoms with Crippen LogP contribution in [0.5, 0.6) is 0 Å². The number of nitrogens with zero attached hydrogens (tertiary/aromatic N) is 1. The fraction of sp³-hybridized carbons (Fsp3) is 0.667. The number of hydrogen-bond acceptors (Lipinski definition) is 3. The lowest BCUT2D eigenvalue weighted by Crippen LogP contribution is -2.59. The Kier molecular flexibility index (Phi) is 4.94. The van der Waals surface area contributed by atoms with Gasteiger partial charge in [-0.1, -0.05) is 44.2 Å². The number of piperazine rings is 1. The maximum Gasteiger partial charge on any atom is 0.0621 e. The maximum atomic E-state index is 5.74. The predicted octanol–water partition coefficient (Wildman–Crippen LogP) is 2.84. The highest BCUT2D eigenvalue weighted by Gasteiger charge is 2.35. The lowest BCUT2D eigenvalue weighted by atomic mass is 9.92. The fourth-order valence-electron chi connectivity index (χ4n) is 3.72. The minimum Gasteiger partial charge on any atom is -0.380 e. The molecule has 3 atom stereocenters. The third-order valence-corrected chi connectivity index (χ3v) is 4.97. The van der Waals surface area contributed by atoms with E-state index >= 15 is 0 Å². The summed E-state index contributed by atoms with van der Waals surface area (Å²) in [6, 6.07) is 12.5. The van der Waals surface area contributed by atoms with Crippen LogP contribution in [0.15, 0.2) is 30.3 Å². The first kappa shape index (κ1) is 15.0. The van der Waals surface area contributed by atoms with E-state index in [1.807, 2.05) is 0 Å². The molecule has 1 aromatic carbocycles. The molecule has 2 aliphatic heterocycles. The highest BCUT2D eigenvalue weighted by atomic mass is 16.5. The van der Waals surface area contributed by atoms with Crippen molar-refractivity contribution in [3.8, 4) is 0 Å². The van der Waals surface area contributed by atoms with E-state index in [9.17, 15) is 0 Å². The summed E-state index contributed by atoms with van der Waals surface area (Å²) in [5, 5.41) is 3.75. The average Bonchev–Trinajstić information content (AvgIpc) is 2.56. The first-order chi connectivity index (χ1) is 10.3. The van der Waals surface area contributed by atoms with Crippen LogP contribution < -0.4 is 5.32 Å². The number of hydrogen-bond donors (Lipinski definition) is 1. The van der Waals surface area contributed by atoms with Gasteiger partial charge in [-0.2, -0.15) is 0 Å². The molecular weight excluding hydrogens is 260 g/mol. The SMILES string of the molecule is CC(C)C1CNC(c2ccccc2)CN1C1CCCOC1. The molecule has 3 rings (SSSR count). The number of benzene rings is 1. The van der Waals surface area contributed by atoms with Gasteiger partial charge in [-0.3, -0.25) is 4.90 Å². The van der Waals surface area contributed by atoms with E-state index in [-0.39, 0.29) is 0 Å². The zero-order valence-electron chi connectivity index (χ0n) is 13.3. The summed E-state index contributed by atoms with van der Waals surface area (Å²) in [5.41, 5.74) is 1.40. The van der Waals surface area contributed by atoms with Gasteiger partial charge >= 0.3 is 0 Å². The summed E-state index contributed by atoms with van der Waals surface area (Å²) in [4.78, 5) is 2.72. The van der Waals surface area contributed by atoms with E-state index in [2.05, 4.69) is 54.4 Å². The summed E-state index contributed by atoms with van der Waals surface area (Å²) >= 11 is 0. The standard InChI is InChI=1S/C18H28N2O/c1-14(2)18-11-19-17(15-7-4-3-5-8-15)12-20(18)16-9-6-10-21-13-16/h3-5,7-8,14,16-19H,6,9-13H2,1-2H3. The molecule has 3 nitrogen and oxygen atoms in total. The first-order valence-corrected chi connectivity index (χ1v) is 8.37. The van der Waals surface area contributed by atoms with Gasteiger partial charge in [0.05, 0.1) is 6.61 Å². The zero-order valence-corrected chi connectivity index (χ0v) is 13.3. The highest BCUT2D eigenvalue weighted by Crippen LogP contribution is 2.27. The van der Waals surface area contributed by atoms with Gasteiger partial charge in [0.1, 0.15) is 0 Å². The Hall–Kier alpha value is -0.900. The molecule has 0 radical (unpaired) electrons. The molecule has 0 aliphatic carbocycles. The molecule has 2 saturated heterocycles. The lowest BCUT2D eigenvalue weighted by Gasteiger charge is -2.47. The molecule has 2 heterocycles. The molecule has 0 saturated carbocycles. The minimum atomic E-state index is 0.447. The molecule has 0 aromatic heterocycles. The maximum absolute atomic E-state index is 5.74. The van der Waals surface area contributed by atoms with Gasteiger partial charge in [-0.05, 0) is 24.3 Å². The second-order valence-electron chi connectivity index (χ2n) is 6.75. The summed E-state index contributed by atoms with van der Waals surface area (Å²) in [7, 11) is 0. The van der Waals surface area contributed by atoms with Crippen molar-refractivity contribution in [2.24, 2.45) is 5.92 Å². The van der Waals surface area contributed by atoms with Crippen molar-refractivity contribution in [2.45, 2.75) is 44.8 Å². The Labute approximate surface area is 128 Å². The van der Waals surface area contributed by atoms with E-state index in [0.29, 0.717) is 24.0 Å². The molecule has 116 valence electrons. The molecule has 0 bridgehead atoms. The summed E-state index contributed by atoms with van der Waals surface area (Å²) in [6.45, 7) is 8.70. The van der Waals surface area contributed by atoms with Crippen LogP contribution in [0.4, 0.5) is 0 Å². The predicted molar refractivity (Wildman–Crippen MR) is 86.4 cm³/mol. The Morgan fingerprint density at radius 3 is 2.71 bits per heavy atom. The van der Waals surface area contributed by atoms with Crippen molar-refractivity contribution < 1.29 is 4.74 Å². The van der Waals surface area contributed by atoms with E-state index < -0.39 is 0 Å². The third-order valence-electron chi connectivity index (χ3n) is 4.97. The second-order valence-corrected chi connectivity index (χ2v) is 6.75. The summed E-state index contributed by atoms with van der Waals surface area (Å²) in [5.74, 6) is 0.677. The molecule has 1 aromatic rings. The molecule has 3 unspecified atom stereocenters. The van der Waals surface area contributed by atoms with Gasteiger partial charge in [0.25, 0.3) is 0 Å². The Morgan fingerprint density at radius 1 is 1.24 bits per heavy atom. The van der Waals surface area contributed by atoms with Crippen LogP contribution in [-0.4, -0.2) is 43.3 Å². The summed E-state index contributed by atoms with van der Waals surface area (Å²) < 4.78 is 5.74. The topological polar surface area (TPSA) is 24.5 Å². The highest BCUT2D eigenvalue weighted by molar-refractivity contribution is 5.20. The van der Waals surface area contributed by atoms with Crippen molar-refractivity contribution >= 4 is 0 Å². The van der Waals surface area contributed by atoms with Crippen molar-refractivity contribution in [3.63, 3.8) is 0 Å². The molecule has 0 spiro atoms. The molecule has 2 aliphatic rings. The van der Waals surface area contributed by atoms with Gasteiger partial charge in [0.2, 0.25) is 0 Å².